The van der Waals surface area contributed by atoms with Gasteiger partial charge >= 0.3 is 0 Å². The van der Waals surface area contributed by atoms with E-state index in [4.69, 9.17) is 15.6 Å². The first-order chi connectivity index (χ1) is 8.59. The molecule has 1 amide bonds. The van der Waals surface area contributed by atoms with Crippen LogP contribution in [0, 0.1) is 5.41 Å². The first-order valence-electron chi connectivity index (χ1n) is 6.85. The minimum atomic E-state index is -0.592. The summed E-state index contributed by atoms with van der Waals surface area (Å²) in [5, 5.41) is 9.11. The first kappa shape index (κ1) is 13.8. The van der Waals surface area contributed by atoms with Crippen molar-refractivity contribution in [1.29, 1.82) is 0 Å². The molecule has 0 aromatic heterocycles. The van der Waals surface area contributed by atoms with Crippen LogP contribution < -0.4 is 5.73 Å². The molecule has 0 aliphatic carbocycles. The van der Waals surface area contributed by atoms with Crippen molar-refractivity contribution >= 4 is 5.91 Å². The SMILES string of the molecule is CC1(C(=O)N2CCCCC2CCO)COCC1N. The molecule has 0 spiro atoms. The second-order valence-electron chi connectivity index (χ2n) is 5.70. The van der Waals surface area contributed by atoms with Crippen LogP contribution in [0.4, 0.5) is 0 Å². The van der Waals surface area contributed by atoms with Gasteiger partial charge in [-0.15, -0.1) is 0 Å². The van der Waals surface area contributed by atoms with Gasteiger partial charge in [-0.2, -0.15) is 0 Å². The van der Waals surface area contributed by atoms with Crippen molar-refractivity contribution in [2.45, 2.75) is 44.7 Å². The van der Waals surface area contributed by atoms with Gasteiger partial charge in [0.25, 0.3) is 0 Å². The summed E-state index contributed by atoms with van der Waals surface area (Å²) in [6.45, 7) is 3.69. The summed E-state index contributed by atoms with van der Waals surface area (Å²) in [6, 6.07) is -0.0532. The summed E-state index contributed by atoms with van der Waals surface area (Å²) in [6.07, 6.45) is 3.82. The molecule has 2 rings (SSSR count). The monoisotopic (exact) mass is 256 g/mol. The fourth-order valence-electron chi connectivity index (χ4n) is 2.95. The van der Waals surface area contributed by atoms with E-state index in [2.05, 4.69) is 0 Å². The molecule has 2 saturated heterocycles. The second kappa shape index (κ2) is 5.55. The Morgan fingerprint density at radius 1 is 1.56 bits per heavy atom. The van der Waals surface area contributed by atoms with Crippen molar-refractivity contribution in [3.05, 3.63) is 0 Å². The van der Waals surface area contributed by atoms with Crippen LogP contribution in [0.25, 0.3) is 0 Å². The molecule has 3 N–H and O–H groups in total. The molecule has 5 heteroatoms. The number of amides is 1. The Hall–Kier alpha value is -0.650. The number of piperidine rings is 1. The Labute approximate surface area is 108 Å². The van der Waals surface area contributed by atoms with Crippen molar-refractivity contribution in [2.24, 2.45) is 11.1 Å². The zero-order valence-corrected chi connectivity index (χ0v) is 11.1. The summed E-state index contributed by atoms with van der Waals surface area (Å²) < 4.78 is 5.36. The third-order valence-corrected chi connectivity index (χ3v) is 4.36. The molecule has 2 heterocycles. The molecule has 0 aromatic rings. The van der Waals surface area contributed by atoms with Gasteiger partial charge in [0.05, 0.1) is 18.6 Å². The topological polar surface area (TPSA) is 75.8 Å². The van der Waals surface area contributed by atoms with Gasteiger partial charge in [0, 0.05) is 25.2 Å². The average Bonchev–Trinajstić information content (AvgIpc) is 2.71. The molecule has 3 unspecified atom stereocenters. The quantitative estimate of drug-likeness (QED) is 0.751. The fraction of sp³-hybridized carbons (Fsp3) is 0.923. The van der Waals surface area contributed by atoms with Gasteiger partial charge in [0.15, 0.2) is 0 Å². The summed E-state index contributed by atoms with van der Waals surface area (Å²) in [4.78, 5) is 14.6. The van der Waals surface area contributed by atoms with E-state index in [9.17, 15) is 4.79 Å². The third-order valence-electron chi connectivity index (χ3n) is 4.36. The lowest BCUT2D eigenvalue weighted by Crippen LogP contribution is -2.55. The van der Waals surface area contributed by atoms with Crippen molar-refractivity contribution < 1.29 is 14.6 Å². The second-order valence-corrected chi connectivity index (χ2v) is 5.70. The van der Waals surface area contributed by atoms with E-state index in [-0.39, 0.29) is 24.6 Å². The Bertz CT molecular complexity index is 309. The highest BCUT2D eigenvalue weighted by atomic mass is 16.5. The van der Waals surface area contributed by atoms with Crippen LogP contribution >= 0.6 is 0 Å². The summed E-state index contributed by atoms with van der Waals surface area (Å²) in [5.74, 6) is 0.102. The third kappa shape index (κ3) is 2.39. The molecule has 0 saturated carbocycles. The van der Waals surface area contributed by atoms with E-state index in [1.54, 1.807) is 0 Å². The molecular weight excluding hydrogens is 232 g/mol. The fourth-order valence-corrected chi connectivity index (χ4v) is 2.95. The molecular formula is C13H24N2O3. The van der Waals surface area contributed by atoms with Crippen LogP contribution in [0.1, 0.15) is 32.6 Å². The molecule has 0 bridgehead atoms. The Kier molecular flexibility index (Phi) is 4.25. The first-order valence-corrected chi connectivity index (χ1v) is 6.85. The minimum Gasteiger partial charge on any atom is -0.396 e. The van der Waals surface area contributed by atoms with Gasteiger partial charge in [-0.1, -0.05) is 0 Å². The van der Waals surface area contributed by atoms with Crippen LogP contribution in [0.3, 0.4) is 0 Å². The van der Waals surface area contributed by atoms with Gasteiger partial charge in [-0.05, 0) is 32.6 Å². The normalized spacial score (nSPS) is 36.9. The minimum absolute atomic E-state index is 0.102. The molecule has 2 aliphatic rings. The van der Waals surface area contributed by atoms with Gasteiger partial charge in [0.2, 0.25) is 5.91 Å². The maximum atomic E-state index is 12.7. The van der Waals surface area contributed by atoms with Crippen LogP contribution in [0.2, 0.25) is 0 Å². The number of ether oxygens (including phenoxy) is 1. The van der Waals surface area contributed by atoms with Crippen molar-refractivity contribution in [2.75, 3.05) is 26.4 Å². The van der Waals surface area contributed by atoms with Crippen LogP contribution in [0.5, 0.6) is 0 Å². The predicted molar refractivity (Wildman–Crippen MR) is 68.0 cm³/mol. The highest BCUT2D eigenvalue weighted by Gasteiger charge is 2.47. The van der Waals surface area contributed by atoms with Crippen LogP contribution in [-0.2, 0) is 9.53 Å². The molecule has 0 aromatic carbocycles. The number of carbonyl (C=O) groups excluding carboxylic acids is 1. The number of aliphatic hydroxyl groups is 1. The van der Waals surface area contributed by atoms with E-state index < -0.39 is 5.41 Å². The number of carbonyl (C=O) groups is 1. The number of likely N-dealkylation sites (tertiary alicyclic amines) is 1. The molecule has 2 fully saturated rings. The van der Waals surface area contributed by atoms with Gasteiger partial charge < -0.3 is 20.5 Å². The van der Waals surface area contributed by atoms with Crippen LogP contribution in [0.15, 0.2) is 0 Å². The zero-order valence-electron chi connectivity index (χ0n) is 11.1. The average molecular weight is 256 g/mol. The largest absolute Gasteiger partial charge is 0.396 e. The number of nitrogens with zero attached hydrogens (tertiary/aromatic N) is 1. The summed E-state index contributed by atoms with van der Waals surface area (Å²) in [7, 11) is 0. The molecule has 5 nitrogen and oxygen atoms in total. The molecule has 3 atom stereocenters. The molecule has 104 valence electrons. The highest BCUT2D eigenvalue weighted by Crippen LogP contribution is 2.32. The van der Waals surface area contributed by atoms with Gasteiger partial charge in [-0.25, -0.2) is 0 Å². The number of aliphatic hydroxyl groups excluding tert-OH is 1. The van der Waals surface area contributed by atoms with Gasteiger partial charge in [-0.3, -0.25) is 4.79 Å². The number of hydrogen-bond acceptors (Lipinski definition) is 4. The Balaban J connectivity index is 2.10. The van der Waals surface area contributed by atoms with Crippen molar-refractivity contribution in [3.8, 4) is 0 Å². The maximum Gasteiger partial charge on any atom is 0.232 e. The highest BCUT2D eigenvalue weighted by molar-refractivity contribution is 5.84. The van der Waals surface area contributed by atoms with E-state index in [1.807, 2.05) is 11.8 Å². The Morgan fingerprint density at radius 3 is 2.94 bits per heavy atom. The molecule has 0 radical (unpaired) electrons. The lowest BCUT2D eigenvalue weighted by atomic mass is 9.82. The Morgan fingerprint density at radius 2 is 2.33 bits per heavy atom. The summed E-state index contributed by atoms with van der Waals surface area (Å²) in [5.41, 5.74) is 5.43. The van der Waals surface area contributed by atoms with E-state index in [0.29, 0.717) is 19.6 Å². The lowest BCUT2D eigenvalue weighted by Gasteiger charge is -2.40. The smallest absolute Gasteiger partial charge is 0.232 e. The van der Waals surface area contributed by atoms with Crippen LogP contribution in [-0.4, -0.2) is 54.4 Å². The standard InChI is InChI=1S/C13H24N2O3/c1-13(9-18-8-11(13)14)12(17)15-6-3-2-4-10(15)5-7-16/h10-11,16H,2-9,14H2,1H3. The van der Waals surface area contributed by atoms with Crippen molar-refractivity contribution in [1.82, 2.24) is 4.90 Å². The van der Waals surface area contributed by atoms with Gasteiger partial charge in [0.1, 0.15) is 0 Å². The molecule has 2 aliphatic heterocycles. The van der Waals surface area contributed by atoms with E-state index in [0.717, 1.165) is 25.8 Å². The lowest BCUT2D eigenvalue weighted by molar-refractivity contribution is -0.146. The number of hydrogen-bond donors (Lipinski definition) is 2. The zero-order chi connectivity index (χ0) is 13.2. The van der Waals surface area contributed by atoms with E-state index >= 15 is 0 Å². The number of rotatable bonds is 3. The maximum absolute atomic E-state index is 12.7. The predicted octanol–water partition coefficient (Wildman–Crippen LogP) is 0.114. The van der Waals surface area contributed by atoms with E-state index in [1.165, 1.54) is 0 Å². The number of nitrogens with two attached hydrogens (primary N) is 1. The van der Waals surface area contributed by atoms with Crippen molar-refractivity contribution in [3.63, 3.8) is 0 Å². The molecule has 18 heavy (non-hydrogen) atoms. The summed E-state index contributed by atoms with van der Waals surface area (Å²) >= 11 is 0.